The Morgan fingerprint density at radius 2 is 1.73 bits per heavy atom. The molecule has 0 aliphatic carbocycles. The molecule has 0 spiro atoms. The summed E-state index contributed by atoms with van der Waals surface area (Å²) < 4.78 is 5.97. The molecule has 2 N–H and O–H groups in total. The fourth-order valence-corrected chi connectivity index (χ4v) is 2.58. The lowest BCUT2D eigenvalue weighted by molar-refractivity contribution is 0.1000. The Morgan fingerprint density at radius 1 is 0.923 bits per heavy atom. The lowest BCUT2D eigenvalue weighted by Crippen LogP contribution is -2.10. The van der Waals surface area contributed by atoms with E-state index in [9.17, 15) is 4.79 Å². The number of carbonyl (C=O) groups is 1. The first-order valence-corrected chi connectivity index (χ1v) is 7.95. The number of nitrogens with zero attached hydrogens (tertiary/aromatic N) is 3. The summed E-state index contributed by atoms with van der Waals surface area (Å²) in [5.41, 5.74) is 7.31. The Balaban J connectivity index is 1.83. The van der Waals surface area contributed by atoms with Gasteiger partial charge in [0, 0.05) is 23.5 Å². The van der Waals surface area contributed by atoms with Crippen LogP contribution in [0.15, 0.2) is 73.1 Å². The zero-order chi connectivity index (χ0) is 17.9. The molecule has 0 radical (unpaired) electrons. The summed E-state index contributed by atoms with van der Waals surface area (Å²) in [6, 6.07) is 17.9. The van der Waals surface area contributed by atoms with Gasteiger partial charge in [-0.2, -0.15) is 4.98 Å². The number of carbonyl (C=O) groups excluding carboxylic acids is 1. The highest BCUT2D eigenvalue weighted by Crippen LogP contribution is 2.30. The highest BCUT2D eigenvalue weighted by atomic mass is 16.5. The molecule has 6 heteroatoms. The minimum Gasteiger partial charge on any atom is -0.438 e. The van der Waals surface area contributed by atoms with Crippen molar-refractivity contribution in [3.8, 4) is 23.0 Å². The average Bonchev–Trinajstić information content (AvgIpc) is 2.69. The van der Waals surface area contributed by atoms with E-state index in [1.165, 1.54) is 0 Å². The smallest absolute Gasteiger partial charge is 0.248 e. The first kappa shape index (κ1) is 15.7. The van der Waals surface area contributed by atoms with Crippen LogP contribution in [0.4, 0.5) is 0 Å². The molecule has 26 heavy (non-hydrogen) atoms. The van der Waals surface area contributed by atoms with Gasteiger partial charge in [-0.15, -0.1) is 0 Å². The van der Waals surface area contributed by atoms with Gasteiger partial charge < -0.3 is 10.5 Å². The molecular formula is C20H14N4O2. The van der Waals surface area contributed by atoms with Crippen molar-refractivity contribution in [2.24, 2.45) is 5.73 Å². The largest absolute Gasteiger partial charge is 0.438 e. The summed E-state index contributed by atoms with van der Waals surface area (Å²) >= 11 is 0. The van der Waals surface area contributed by atoms with Crippen molar-refractivity contribution in [2.75, 3.05) is 0 Å². The number of para-hydroxylation sites is 1. The second kappa shape index (κ2) is 6.60. The van der Waals surface area contributed by atoms with Crippen LogP contribution >= 0.6 is 0 Å². The summed E-state index contributed by atoms with van der Waals surface area (Å²) in [6.45, 7) is 0. The fraction of sp³-hybridized carbons (Fsp3) is 0. The number of pyridine rings is 1. The molecule has 4 aromatic rings. The van der Waals surface area contributed by atoms with E-state index in [0.29, 0.717) is 23.0 Å². The van der Waals surface area contributed by atoms with Crippen LogP contribution < -0.4 is 10.5 Å². The minimum absolute atomic E-state index is 0.371. The maximum Gasteiger partial charge on any atom is 0.248 e. The number of fused-ring (bicyclic) bond motifs is 1. The van der Waals surface area contributed by atoms with Gasteiger partial charge in [-0.25, -0.2) is 4.98 Å². The van der Waals surface area contributed by atoms with E-state index < -0.39 is 5.91 Å². The van der Waals surface area contributed by atoms with Crippen LogP contribution in [-0.4, -0.2) is 20.9 Å². The number of primary amides is 1. The fourth-order valence-electron chi connectivity index (χ4n) is 2.58. The second-order valence-corrected chi connectivity index (χ2v) is 5.60. The van der Waals surface area contributed by atoms with Crippen LogP contribution in [0.25, 0.3) is 22.3 Å². The van der Waals surface area contributed by atoms with E-state index in [0.717, 1.165) is 16.5 Å². The highest BCUT2D eigenvalue weighted by Gasteiger charge is 2.12. The van der Waals surface area contributed by atoms with E-state index in [-0.39, 0.29) is 0 Å². The van der Waals surface area contributed by atoms with Gasteiger partial charge in [0.05, 0.1) is 10.9 Å². The standard InChI is InChI=1S/C20H14N4O2/c21-18(25)14-4-3-5-15(12-14)26-20-16-6-1-2-7-17(16)23-19(24-20)13-8-10-22-11-9-13/h1-12H,(H2,21,25). The molecule has 2 aromatic heterocycles. The molecule has 0 saturated heterocycles. The Kier molecular flexibility index (Phi) is 3.99. The monoisotopic (exact) mass is 342 g/mol. The van der Waals surface area contributed by atoms with E-state index in [2.05, 4.69) is 15.0 Å². The minimum atomic E-state index is -0.513. The van der Waals surface area contributed by atoms with E-state index in [1.807, 2.05) is 36.4 Å². The van der Waals surface area contributed by atoms with Crippen molar-refractivity contribution in [1.82, 2.24) is 15.0 Å². The van der Waals surface area contributed by atoms with E-state index in [1.54, 1.807) is 36.7 Å². The molecule has 0 aliphatic heterocycles. The maximum atomic E-state index is 11.4. The zero-order valence-electron chi connectivity index (χ0n) is 13.7. The topological polar surface area (TPSA) is 91.0 Å². The van der Waals surface area contributed by atoms with Crippen LogP contribution in [0.2, 0.25) is 0 Å². The Morgan fingerprint density at radius 3 is 2.54 bits per heavy atom. The van der Waals surface area contributed by atoms with Crippen LogP contribution in [0.1, 0.15) is 10.4 Å². The van der Waals surface area contributed by atoms with Crippen molar-refractivity contribution >= 4 is 16.8 Å². The molecule has 0 unspecified atom stereocenters. The number of aromatic nitrogens is 3. The number of hydrogen-bond donors (Lipinski definition) is 1. The normalized spacial score (nSPS) is 10.6. The van der Waals surface area contributed by atoms with Crippen LogP contribution in [0, 0.1) is 0 Å². The third-order valence-electron chi connectivity index (χ3n) is 3.84. The summed E-state index contributed by atoms with van der Waals surface area (Å²) in [6.07, 6.45) is 3.37. The molecule has 0 bridgehead atoms. The summed E-state index contributed by atoms with van der Waals surface area (Å²) in [5.74, 6) is 0.905. The SMILES string of the molecule is NC(=O)c1cccc(Oc2nc(-c3ccncc3)nc3ccccc23)c1. The Labute approximate surface area is 149 Å². The molecule has 2 aromatic carbocycles. The van der Waals surface area contributed by atoms with Gasteiger partial charge in [0.25, 0.3) is 0 Å². The van der Waals surface area contributed by atoms with Crippen molar-refractivity contribution in [3.63, 3.8) is 0 Å². The molecule has 4 rings (SSSR count). The third-order valence-corrected chi connectivity index (χ3v) is 3.84. The van der Waals surface area contributed by atoms with Gasteiger partial charge in [-0.05, 0) is 42.5 Å². The predicted octanol–water partition coefficient (Wildman–Crippen LogP) is 3.58. The molecule has 0 aliphatic rings. The lowest BCUT2D eigenvalue weighted by Gasteiger charge is -2.10. The van der Waals surface area contributed by atoms with Crippen LogP contribution in [-0.2, 0) is 0 Å². The molecule has 2 heterocycles. The third kappa shape index (κ3) is 3.08. The molecule has 126 valence electrons. The van der Waals surface area contributed by atoms with Crippen molar-refractivity contribution in [2.45, 2.75) is 0 Å². The molecular weight excluding hydrogens is 328 g/mol. The summed E-state index contributed by atoms with van der Waals surface area (Å²) in [4.78, 5) is 24.6. The van der Waals surface area contributed by atoms with Gasteiger partial charge in [0.15, 0.2) is 5.82 Å². The van der Waals surface area contributed by atoms with Gasteiger partial charge in [0.2, 0.25) is 11.8 Å². The first-order chi connectivity index (χ1) is 12.7. The number of rotatable bonds is 4. The van der Waals surface area contributed by atoms with Crippen LogP contribution in [0.3, 0.4) is 0 Å². The van der Waals surface area contributed by atoms with Gasteiger partial charge in [-0.3, -0.25) is 9.78 Å². The molecule has 1 amide bonds. The molecule has 0 fully saturated rings. The number of amides is 1. The number of hydrogen-bond acceptors (Lipinski definition) is 5. The molecule has 6 nitrogen and oxygen atoms in total. The van der Waals surface area contributed by atoms with Crippen molar-refractivity contribution < 1.29 is 9.53 Å². The molecule has 0 saturated carbocycles. The second-order valence-electron chi connectivity index (χ2n) is 5.60. The van der Waals surface area contributed by atoms with E-state index >= 15 is 0 Å². The first-order valence-electron chi connectivity index (χ1n) is 7.95. The van der Waals surface area contributed by atoms with E-state index in [4.69, 9.17) is 10.5 Å². The lowest BCUT2D eigenvalue weighted by atomic mass is 10.2. The number of benzene rings is 2. The number of nitrogens with two attached hydrogens (primary N) is 1. The predicted molar refractivity (Wildman–Crippen MR) is 97.8 cm³/mol. The molecule has 0 atom stereocenters. The number of ether oxygens (including phenoxy) is 1. The van der Waals surface area contributed by atoms with Gasteiger partial charge in [0.1, 0.15) is 5.75 Å². The Hall–Kier alpha value is -3.80. The Bertz CT molecular complexity index is 1100. The van der Waals surface area contributed by atoms with Crippen molar-refractivity contribution in [3.05, 3.63) is 78.6 Å². The highest BCUT2D eigenvalue weighted by molar-refractivity contribution is 5.93. The van der Waals surface area contributed by atoms with Crippen LogP contribution in [0.5, 0.6) is 11.6 Å². The zero-order valence-corrected chi connectivity index (χ0v) is 13.7. The summed E-state index contributed by atoms with van der Waals surface area (Å²) in [5, 5.41) is 0.773. The summed E-state index contributed by atoms with van der Waals surface area (Å²) in [7, 11) is 0. The van der Waals surface area contributed by atoms with Gasteiger partial charge >= 0.3 is 0 Å². The average molecular weight is 342 g/mol. The van der Waals surface area contributed by atoms with Gasteiger partial charge in [-0.1, -0.05) is 18.2 Å². The van der Waals surface area contributed by atoms with Crippen molar-refractivity contribution in [1.29, 1.82) is 0 Å². The maximum absolute atomic E-state index is 11.4. The quantitative estimate of drug-likeness (QED) is 0.612.